The minimum absolute atomic E-state index is 0.0703. The van der Waals surface area contributed by atoms with Crippen LogP contribution in [0, 0.1) is 10.1 Å². The highest BCUT2D eigenvalue weighted by atomic mass is 32.2. The van der Waals surface area contributed by atoms with Crippen molar-refractivity contribution in [3.8, 4) is 5.75 Å². The minimum atomic E-state index is -3.72. The first-order valence-corrected chi connectivity index (χ1v) is 9.86. The van der Waals surface area contributed by atoms with Crippen molar-refractivity contribution in [2.45, 2.75) is 30.7 Å². The molecule has 0 amide bonds. The molecule has 0 N–H and O–H groups in total. The highest BCUT2D eigenvalue weighted by molar-refractivity contribution is 7.89. The lowest BCUT2D eigenvalue weighted by Crippen LogP contribution is -2.30. The number of benzene rings is 2. The predicted molar refractivity (Wildman–Crippen MR) is 96.6 cm³/mol. The van der Waals surface area contributed by atoms with Crippen LogP contribution >= 0.6 is 0 Å². The van der Waals surface area contributed by atoms with Crippen LogP contribution in [-0.4, -0.2) is 30.8 Å². The number of non-ortho nitro benzene ring substituents is 1. The van der Waals surface area contributed by atoms with Gasteiger partial charge in [-0.1, -0.05) is 12.1 Å². The van der Waals surface area contributed by atoms with Gasteiger partial charge in [0.1, 0.15) is 5.75 Å². The predicted octanol–water partition coefficient (Wildman–Crippen LogP) is 3.52. The molecule has 8 heteroatoms. The lowest BCUT2D eigenvalue weighted by atomic mass is 10.1. The molecule has 2 aromatic carbocycles. The van der Waals surface area contributed by atoms with Crippen LogP contribution in [0.4, 0.5) is 5.69 Å². The Bertz CT molecular complexity index is 879. The van der Waals surface area contributed by atoms with E-state index in [1.807, 2.05) is 31.2 Å². The zero-order valence-corrected chi connectivity index (χ0v) is 15.2. The molecule has 0 bridgehead atoms. The highest BCUT2D eigenvalue weighted by Crippen LogP contribution is 2.37. The third kappa shape index (κ3) is 3.56. The number of nitro groups is 1. The summed E-state index contributed by atoms with van der Waals surface area (Å²) in [6.07, 6.45) is 1.50. The first-order chi connectivity index (χ1) is 12.4. The van der Waals surface area contributed by atoms with Crippen molar-refractivity contribution in [1.29, 1.82) is 0 Å². The van der Waals surface area contributed by atoms with E-state index in [0.29, 0.717) is 13.2 Å². The SMILES string of the molecule is CCOc1ccc(C2CCCN2S(=O)(=O)c2ccc([N+](=O)[O-])cc2)cc1. The molecule has 0 aromatic heterocycles. The number of sulfonamides is 1. The summed E-state index contributed by atoms with van der Waals surface area (Å²) in [6.45, 7) is 2.91. The number of hydrogen-bond acceptors (Lipinski definition) is 5. The van der Waals surface area contributed by atoms with E-state index in [2.05, 4.69) is 0 Å². The summed E-state index contributed by atoms with van der Waals surface area (Å²) in [5.41, 5.74) is 0.782. The number of ether oxygens (including phenoxy) is 1. The highest BCUT2D eigenvalue weighted by Gasteiger charge is 2.36. The van der Waals surface area contributed by atoms with Gasteiger partial charge in [-0.3, -0.25) is 10.1 Å². The van der Waals surface area contributed by atoms with E-state index < -0.39 is 14.9 Å². The third-order valence-corrected chi connectivity index (χ3v) is 6.36. The van der Waals surface area contributed by atoms with E-state index in [1.165, 1.54) is 28.6 Å². The Hall–Kier alpha value is -2.45. The summed E-state index contributed by atoms with van der Waals surface area (Å²) in [4.78, 5) is 10.3. The molecule has 0 spiro atoms. The van der Waals surface area contributed by atoms with Crippen LogP contribution in [0.5, 0.6) is 5.75 Å². The molecule has 0 radical (unpaired) electrons. The largest absolute Gasteiger partial charge is 0.494 e. The second-order valence-electron chi connectivity index (χ2n) is 6.03. The van der Waals surface area contributed by atoms with Crippen LogP contribution in [0.15, 0.2) is 53.4 Å². The van der Waals surface area contributed by atoms with Gasteiger partial charge in [0.05, 0.1) is 22.5 Å². The smallest absolute Gasteiger partial charge is 0.269 e. The van der Waals surface area contributed by atoms with Crippen molar-refractivity contribution in [2.75, 3.05) is 13.2 Å². The fraction of sp³-hybridized carbons (Fsp3) is 0.333. The summed E-state index contributed by atoms with van der Waals surface area (Å²) in [7, 11) is -3.72. The molecule has 1 saturated heterocycles. The van der Waals surface area contributed by atoms with E-state index in [0.717, 1.165) is 24.2 Å². The second kappa shape index (κ2) is 7.43. The zero-order chi connectivity index (χ0) is 18.7. The van der Waals surface area contributed by atoms with E-state index in [-0.39, 0.29) is 16.6 Å². The Kier molecular flexibility index (Phi) is 5.24. The van der Waals surface area contributed by atoms with Crippen LogP contribution in [-0.2, 0) is 10.0 Å². The maximum absolute atomic E-state index is 13.0. The molecule has 138 valence electrons. The van der Waals surface area contributed by atoms with E-state index in [4.69, 9.17) is 4.74 Å². The average molecular weight is 376 g/mol. The number of hydrogen-bond donors (Lipinski definition) is 0. The molecule has 3 rings (SSSR count). The van der Waals surface area contributed by atoms with Crippen molar-refractivity contribution in [3.05, 3.63) is 64.2 Å². The normalized spacial score (nSPS) is 18.0. The molecule has 1 aliphatic heterocycles. The second-order valence-corrected chi connectivity index (χ2v) is 7.92. The van der Waals surface area contributed by atoms with Crippen LogP contribution in [0.25, 0.3) is 0 Å². The fourth-order valence-electron chi connectivity index (χ4n) is 3.19. The maximum atomic E-state index is 13.0. The molecule has 1 heterocycles. The summed E-state index contributed by atoms with van der Waals surface area (Å²) >= 11 is 0. The Balaban J connectivity index is 1.87. The number of nitrogens with zero attached hydrogens (tertiary/aromatic N) is 2. The maximum Gasteiger partial charge on any atom is 0.269 e. The topological polar surface area (TPSA) is 89.8 Å². The molecule has 0 saturated carbocycles. The van der Waals surface area contributed by atoms with Crippen molar-refractivity contribution in [1.82, 2.24) is 4.31 Å². The van der Waals surface area contributed by atoms with Crippen molar-refractivity contribution >= 4 is 15.7 Å². The summed E-state index contributed by atoms with van der Waals surface area (Å²) < 4.78 is 32.9. The molecule has 0 aliphatic carbocycles. The number of rotatable bonds is 6. The molecular formula is C18H20N2O5S. The van der Waals surface area contributed by atoms with Crippen LogP contribution in [0.1, 0.15) is 31.4 Å². The van der Waals surface area contributed by atoms with Gasteiger partial charge in [-0.15, -0.1) is 0 Å². The monoisotopic (exact) mass is 376 g/mol. The van der Waals surface area contributed by atoms with Crippen molar-refractivity contribution in [3.63, 3.8) is 0 Å². The van der Waals surface area contributed by atoms with Crippen molar-refractivity contribution < 1.29 is 18.1 Å². The minimum Gasteiger partial charge on any atom is -0.494 e. The van der Waals surface area contributed by atoms with Gasteiger partial charge in [-0.2, -0.15) is 4.31 Å². The lowest BCUT2D eigenvalue weighted by Gasteiger charge is -2.24. The molecular weight excluding hydrogens is 356 g/mol. The van der Waals surface area contributed by atoms with E-state index in [1.54, 1.807) is 0 Å². The molecule has 1 fully saturated rings. The number of nitro benzene ring substituents is 1. The Morgan fingerprint density at radius 2 is 1.81 bits per heavy atom. The molecule has 2 aromatic rings. The van der Waals surface area contributed by atoms with Gasteiger partial charge in [0, 0.05) is 18.7 Å². The quantitative estimate of drug-likeness (QED) is 0.568. The van der Waals surface area contributed by atoms with Gasteiger partial charge in [0.15, 0.2) is 0 Å². The van der Waals surface area contributed by atoms with Crippen LogP contribution in [0.3, 0.4) is 0 Å². The van der Waals surface area contributed by atoms with Gasteiger partial charge < -0.3 is 4.74 Å². The van der Waals surface area contributed by atoms with Gasteiger partial charge in [0.25, 0.3) is 5.69 Å². The third-order valence-electron chi connectivity index (χ3n) is 4.43. The molecule has 1 aliphatic rings. The van der Waals surface area contributed by atoms with Gasteiger partial charge in [-0.05, 0) is 49.6 Å². The zero-order valence-electron chi connectivity index (χ0n) is 14.4. The van der Waals surface area contributed by atoms with Gasteiger partial charge >= 0.3 is 0 Å². The van der Waals surface area contributed by atoms with Crippen LogP contribution in [0.2, 0.25) is 0 Å². The first-order valence-electron chi connectivity index (χ1n) is 8.42. The lowest BCUT2D eigenvalue weighted by molar-refractivity contribution is -0.384. The standard InChI is InChI=1S/C18H20N2O5S/c1-2-25-16-9-5-14(6-10-16)18-4-3-13-19(18)26(23,24)17-11-7-15(8-12-17)20(21)22/h5-12,18H,2-4,13H2,1H3. The Morgan fingerprint density at radius 3 is 2.38 bits per heavy atom. The summed E-state index contributed by atoms with van der Waals surface area (Å²) in [5, 5.41) is 10.8. The van der Waals surface area contributed by atoms with Gasteiger partial charge in [-0.25, -0.2) is 8.42 Å². The Labute approximate surface area is 152 Å². The Morgan fingerprint density at radius 1 is 1.15 bits per heavy atom. The molecule has 26 heavy (non-hydrogen) atoms. The fourth-order valence-corrected chi connectivity index (χ4v) is 4.87. The average Bonchev–Trinajstić information content (AvgIpc) is 3.13. The summed E-state index contributed by atoms with van der Waals surface area (Å²) in [5.74, 6) is 0.749. The van der Waals surface area contributed by atoms with E-state index in [9.17, 15) is 18.5 Å². The first kappa shape index (κ1) is 18.3. The van der Waals surface area contributed by atoms with Gasteiger partial charge in [0.2, 0.25) is 10.0 Å². The van der Waals surface area contributed by atoms with Crippen molar-refractivity contribution in [2.24, 2.45) is 0 Å². The summed E-state index contributed by atoms with van der Waals surface area (Å²) in [6, 6.07) is 12.2. The molecule has 7 nitrogen and oxygen atoms in total. The van der Waals surface area contributed by atoms with E-state index >= 15 is 0 Å². The molecule has 1 unspecified atom stereocenters. The molecule has 1 atom stereocenters. The van der Waals surface area contributed by atoms with Crippen LogP contribution < -0.4 is 4.74 Å².